The highest BCUT2D eigenvalue weighted by Crippen LogP contribution is 2.11. The van der Waals surface area contributed by atoms with E-state index in [2.05, 4.69) is 21.4 Å². The van der Waals surface area contributed by atoms with Gasteiger partial charge >= 0.3 is 0 Å². The molecule has 2 aromatic rings. The van der Waals surface area contributed by atoms with Crippen molar-refractivity contribution >= 4 is 49.0 Å². The van der Waals surface area contributed by atoms with Gasteiger partial charge in [-0.15, -0.1) is 16.2 Å². The van der Waals surface area contributed by atoms with Gasteiger partial charge in [0.15, 0.2) is 12.4 Å². The maximum atomic E-state index is 12.1. The van der Waals surface area contributed by atoms with E-state index in [1.54, 1.807) is 22.9 Å². The van der Waals surface area contributed by atoms with Gasteiger partial charge in [0.25, 0.3) is 5.91 Å². The number of hydrogen-bond acceptors (Lipinski definition) is 5. The number of pyridine rings is 1. The Balaban J connectivity index is 2.15. The smallest absolute Gasteiger partial charge is 0.272 e. The van der Waals surface area contributed by atoms with Crippen molar-refractivity contribution in [2.45, 2.75) is 6.54 Å². The minimum atomic E-state index is -3.55. The number of nitrogens with zero attached hydrogens (tertiary/aromatic N) is 1. The third-order valence-electron chi connectivity index (χ3n) is 2.62. The van der Waals surface area contributed by atoms with Gasteiger partial charge in [0, 0.05) is 0 Å². The molecule has 2 rings (SSSR count). The Kier molecular flexibility index (Phi) is 5.63. The van der Waals surface area contributed by atoms with E-state index in [0.717, 1.165) is 6.26 Å². The number of hydrazine groups is 1. The predicted octanol–water partition coefficient (Wildman–Crippen LogP) is 0.875. The van der Waals surface area contributed by atoms with Crippen LogP contribution in [0, 0.1) is 0 Å². The molecular formula is C13H13BrN3O4S2+. The SMILES string of the molecule is CS(=O)(=O)NNC(=O)c1cc(Br)c[n+](CC(=O)c2cccs2)c1. The number of carbonyl (C=O) groups excluding carboxylic acids is 2. The van der Waals surface area contributed by atoms with Crippen LogP contribution in [0.2, 0.25) is 0 Å². The molecule has 23 heavy (non-hydrogen) atoms. The highest BCUT2D eigenvalue weighted by molar-refractivity contribution is 9.10. The standard InChI is InChI=1S/C13H12BrN3O4S2/c1-23(20,21)16-15-13(19)9-5-10(14)7-17(6-9)8-11(18)12-3-2-4-22-12/h2-7,16H,8H2,1H3/p+1. The summed E-state index contributed by atoms with van der Waals surface area (Å²) in [6.07, 6.45) is 4.05. The van der Waals surface area contributed by atoms with E-state index in [0.29, 0.717) is 9.35 Å². The zero-order chi connectivity index (χ0) is 17.0. The summed E-state index contributed by atoms with van der Waals surface area (Å²) in [5.74, 6) is -0.710. The van der Waals surface area contributed by atoms with Gasteiger partial charge in [0.05, 0.1) is 15.6 Å². The van der Waals surface area contributed by atoms with Crippen LogP contribution in [0.4, 0.5) is 0 Å². The molecule has 10 heteroatoms. The fourth-order valence-corrected chi connectivity index (χ4v) is 3.15. The van der Waals surface area contributed by atoms with E-state index in [-0.39, 0.29) is 17.9 Å². The molecular weight excluding hydrogens is 406 g/mol. The van der Waals surface area contributed by atoms with Gasteiger partial charge in [0.1, 0.15) is 5.56 Å². The summed E-state index contributed by atoms with van der Waals surface area (Å²) in [5, 5.41) is 1.81. The lowest BCUT2D eigenvalue weighted by molar-refractivity contribution is -0.683. The summed E-state index contributed by atoms with van der Waals surface area (Å²) in [6, 6.07) is 5.04. The average molecular weight is 419 g/mol. The number of aromatic nitrogens is 1. The molecule has 0 fully saturated rings. The number of ketones is 1. The molecule has 2 N–H and O–H groups in total. The van der Waals surface area contributed by atoms with Crippen molar-refractivity contribution in [2.24, 2.45) is 0 Å². The number of nitrogens with one attached hydrogen (secondary N) is 2. The molecule has 2 aromatic heterocycles. The van der Waals surface area contributed by atoms with Gasteiger partial charge < -0.3 is 0 Å². The van der Waals surface area contributed by atoms with E-state index in [9.17, 15) is 18.0 Å². The number of hydrogen-bond donors (Lipinski definition) is 2. The summed E-state index contributed by atoms with van der Waals surface area (Å²) >= 11 is 4.61. The van der Waals surface area contributed by atoms with Crippen LogP contribution in [-0.2, 0) is 16.6 Å². The van der Waals surface area contributed by atoms with Crippen LogP contribution in [0.3, 0.4) is 0 Å². The Bertz CT molecular complexity index is 835. The van der Waals surface area contributed by atoms with Crippen molar-refractivity contribution < 1.29 is 22.6 Å². The van der Waals surface area contributed by atoms with Crippen LogP contribution in [0.25, 0.3) is 0 Å². The van der Waals surface area contributed by atoms with Gasteiger partial charge in [-0.25, -0.2) is 8.42 Å². The Morgan fingerprint density at radius 3 is 2.70 bits per heavy atom. The van der Waals surface area contributed by atoms with Crippen LogP contribution in [0.1, 0.15) is 20.0 Å². The molecule has 0 aliphatic rings. The second kappa shape index (κ2) is 7.30. The summed E-state index contributed by atoms with van der Waals surface area (Å²) in [6.45, 7) is 0.0692. The van der Waals surface area contributed by atoms with Gasteiger partial charge in [-0.1, -0.05) is 6.07 Å². The first kappa shape index (κ1) is 17.7. The fourth-order valence-electron chi connectivity index (χ4n) is 1.71. The van der Waals surface area contributed by atoms with Crippen LogP contribution in [0.5, 0.6) is 0 Å². The zero-order valence-electron chi connectivity index (χ0n) is 11.9. The molecule has 122 valence electrons. The molecule has 7 nitrogen and oxygen atoms in total. The number of rotatable bonds is 6. The van der Waals surface area contributed by atoms with Crippen molar-refractivity contribution in [3.05, 3.63) is 50.9 Å². The maximum absolute atomic E-state index is 12.1. The van der Waals surface area contributed by atoms with E-state index >= 15 is 0 Å². The van der Waals surface area contributed by atoms with Crippen LogP contribution in [-0.4, -0.2) is 26.4 Å². The highest BCUT2D eigenvalue weighted by Gasteiger charge is 2.18. The third-order valence-corrected chi connectivity index (χ3v) is 4.44. The Labute approximate surface area is 145 Å². The molecule has 0 saturated heterocycles. The third kappa shape index (κ3) is 5.50. The number of thiophene rings is 1. The van der Waals surface area contributed by atoms with Gasteiger partial charge in [-0.05, 0) is 33.4 Å². The lowest BCUT2D eigenvalue weighted by atomic mass is 10.2. The van der Waals surface area contributed by atoms with Crippen molar-refractivity contribution in [1.82, 2.24) is 10.3 Å². The van der Waals surface area contributed by atoms with Crippen molar-refractivity contribution in [1.29, 1.82) is 0 Å². The number of sulfonamides is 1. The number of carbonyl (C=O) groups is 2. The molecule has 0 aliphatic carbocycles. The van der Waals surface area contributed by atoms with Crippen LogP contribution < -0.4 is 14.8 Å². The Morgan fingerprint density at radius 1 is 1.35 bits per heavy atom. The van der Waals surface area contributed by atoms with E-state index < -0.39 is 15.9 Å². The molecule has 0 atom stereocenters. The summed E-state index contributed by atoms with van der Waals surface area (Å²) < 4.78 is 24.1. The van der Waals surface area contributed by atoms with Gasteiger partial charge in [-0.2, -0.15) is 4.57 Å². The lowest BCUT2D eigenvalue weighted by Crippen LogP contribution is -2.43. The minimum Gasteiger partial charge on any atom is -0.286 e. The van der Waals surface area contributed by atoms with Gasteiger partial charge in [0.2, 0.25) is 22.4 Å². The van der Waals surface area contributed by atoms with Crippen molar-refractivity contribution in [2.75, 3.05) is 6.26 Å². The predicted molar refractivity (Wildman–Crippen MR) is 88.4 cm³/mol. The Morgan fingerprint density at radius 2 is 2.09 bits per heavy atom. The molecule has 0 radical (unpaired) electrons. The second-order valence-corrected chi connectivity index (χ2v) is 8.26. The number of halogens is 1. The molecule has 0 spiro atoms. The summed E-state index contributed by atoms with van der Waals surface area (Å²) in [7, 11) is -3.55. The first-order valence-electron chi connectivity index (χ1n) is 6.28. The normalized spacial score (nSPS) is 11.2. The fraction of sp³-hybridized carbons (Fsp3) is 0.154. The summed E-state index contributed by atoms with van der Waals surface area (Å²) in [5.41, 5.74) is 2.28. The van der Waals surface area contributed by atoms with E-state index in [1.165, 1.54) is 23.6 Å². The molecule has 0 aliphatic heterocycles. The largest absolute Gasteiger partial charge is 0.286 e. The first-order valence-corrected chi connectivity index (χ1v) is 9.84. The molecule has 1 amide bonds. The minimum absolute atomic E-state index is 0.0692. The monoisotopic (exact) mass is 418 g/mol. The molecule has 0 saturated carbocycles. The highest BCUT2D eigenvalue weighted by atomic mass is 79.9. The second-order valence-electron chi connectivity index (χ2n) is 4.64. The molecule has 2 heterocycles. The molecule has 0 unspecified atom stereocenters. The molecule has 0 aromatic carbocycles. The molecule has 0 bridgehead atoms. The quantitative estimate of drug-likeness (QED) is 0.413. The van der Waals surface area contributed by atoms with Crippen molar-refractivity contribution in [3.63, 3.8) is 0 Å². The lowest BCUT2D eigenvalue weighted by Gasteiger charge is -2.05. The average Bonchev–Trinajstić information content (AvgIpc) is 2.97. The van der Waals surface area contributed by atoms with Crippen molar-refractivity contribution in [3.8, 4) is 0 Å². The maximum Gasteiger partial charge on any atom is 0.272 e. The van der Waals surface area contributed by atoms with Crippen LogP contribution in [0.15, 0.2) is 40.4 Å². The number of Topliss-reactive ketones (excluding diaryl/α,β-unsaturated/α-hetero) is 1. The number of amides is 1. The first-order chi connectivity index (χ1) is 10.7. The van der Waals surface area contributed by atoms with Gasteiger partial charge in [-0.3, -0.25) is 15.0 Å². The van der Waals surface area contributed by atoms with E-state index in [4.69, 9.17) is 0 Å². The summed E-state index contributed by atoms with van der Waals surface area (Å²) in [4.78, 5) is 26.6. The topological polar surface area (TPSA) is 96.2 Å². The van der Waals surface area contributed by atoms with E-state index in [1.807, 2.05) is 10.2 Å². The zero-order valence-corrected chi connectivity index (χ0v) is 15.2. The Hall–Kier alpha value is -1.62. The van der Waals surface area contributed by atoms with Crippen LogP contribution >= 0.6 is 27.3 Å².